The van der Waals surface area contributed by atoms with E-state index in [4.69, 9.17) is 15.7 Å². The largest absolute Gasteiger partial charge is 0.480 e. The van der Waals surface area contributed by atoms with Crippen molar-refractivity contribution in [2.75, 3.05) is 12.3 Å². The van der Waals surface area contributed by atoms with E-state index < -0.39 is 18.9 Å². The summed E-state index contributed by atoms with van der Waals surface area (Å²) in [5.41, 5.74) is 4.21. The van der Waals surface area contributed by atoms with Gasteiger partial charge in [-0.1, -0.05) is 0 Å². The van der Waals surface area contributed by atoms with E-state index in [1.54, 1.807) is 0 Å². The summed E-state index contributed by atoms with van der Waals surface area (Å²) in [6.07, 6.45) is 0.234. The molecule has 0 aromatic carbocycles. The standard InChI is InChI=1S/C6H12NO4P.ClH/c7-6(5(8)9)1-3-12(10,11)4-2-6;/h1-4,7H2,(H,8,9)(H,10,11);1H. The Morgan fingerprint density at radius 2 is 1.77 bits per heavy atom. The van der Waals surface area contributed by atoms with Crippen LogP contribution in [0.25, 0.3) is 0 Å². The number of carboxylic acid groups (broad SMARTS) is 1. The van der Waals surface area contributed by atoms with Crippen molar-refractivity contribution >= 4 is 25.7 Å². The molecule has 4 N–H and O–H groups in total. The topological polar surface area (TPSA) is 101 Å². The highest BCUT2D eigenvalue weighted by Crippen LogP contribution is 2.47. The summed E-state index contributed by atoms with van der Waals surface area (Å²) in [6, 6.07) is 0. The summed E-state index contributed by atoms with van der Waals surface area (Å²) < 4.78 is 11.1. The van der Waals surface area contributed by atoms with Gasteiger partial charge in [-0.3, -0.25) is 9.36 Å². The van der Waals surface area contributed by atoms with E-state index in [9.17, 15) is 9.36 Å². The highest BCUT2D eigenvalue weighted by atomic mass is 35.5. The second kappa shape index (κ2) is 3.96. The molecule has 0 unspecified atom stereocenters. The summed E-state index contributed by atoms with van der Waals surface area (Å²) >= 11 is 0. The Labute approximate surface area is 82.2 Å². The maximum atomic E-state index is 11.1. The van der Waals surface area contributed by atoms with E-state index in [-0.39, 0.29) is 37.6 Å². The summed E-state index contributed by atoms with van der Waals surface area (Å²) in [5.74, 6) is -1.08. The lowest BCUT2D eigenvalue weighted by Crippen LogP contribution is -2.51. The Hall–Kier alpha value is -0.0900. The number of nitrogens with two attached hydrogens (primary N) is 1. The van der Waals surface area contributed by atoms with E-state index >= 15 is 0 Å². The molecule has 0 radical (unpaired) electrons. The van der Waals surface area contributed by atoms with Crippen molar-refractivity contribution in [3.63, 3.8) is 0 Å². The number of hydrogen-bond acceptors (Lipinski definition) is 3. The van der Waals surface area contributed by atoms with Crippen molar-refractivity contribution in [2.45, 2.75) is 18.4 Å². The van der Waals surface area contributed by atoms with E-state index in [0.29, 0.717) is 0 Å². The van der Waals surface area contributed by atoms with Gasteiger partial charge in [-0.15, -0.1) is 12.4 Å². The van der Waals surface area contributed by atoms with E-state index in [0.717, 1.165) is 0 Å². The molecule has 5 nitrogen and oxygen atoms in total. The first-order valence-electron chi connectivity index (χ1n) is 3.69. The van der Waals surface area contributed by atoms with Gasteiger partial charge in [0.1, 0.15) is 5.54 Å². The van der Waals surface area contributed by atoms with Gasteiger partial charge in [-0.25, -0.2) is 0 Å². The van der Waals surface area contributed by atoms with Gasteiger partial charge in [0, 0.05) is 12.3 Å². The Morgan fingerprint density at radius 1 is 1.38 bits per heavy atom. The second-order valence-electron chi connectivity index (χ2n) is 3.25. The van der Waals surface area contributed by atoms with Gasteiger partial charge in [0.05, 0.1) is 0 Å². The molecule has 1 heterocycles. The van der Waals surface area contributed by atoms with Gasteiger partial charge in [0.2, 0.25) is 7.37 Å². The molecule has 0 aromatic rings. The number of halogens is 1. The van der Waals surface area contributed by atoms with Crippen LogP contribution in [0.2, 0.25) is 0 Å². The molecule has 1 aliphatic rings. The summed E-state index contributed by atoms with van der Waals surface area (Å²) in [4.78, 5) is 19.7. The Kier molecular flexibility index (Phi) is 3.94. The van der Waals surface area contributed by atoms with Crippen LogP contribution in [-0.4, -0.2) is 33.8 Å². The first kappa shape index (κ1) is 12.9. The predicted octanol–water partition coefficient (Wildman–Crippen LogP) is 0.254. The van der Waals surface area contributed by atoms with Crippen molar-refractivity contribution in [3.05, 3.63) is 0 Å². The van der Waals surface area contributed by atoms with Gasteiger partial charge >= 0.3 is 5.97 Å². The van der Waals surface area contributed by atoms with Crippen LogP contribution < -0.4 is 5.73 Å². The zero-order valence-corrected chi connectivity index (χ0v) is 8.68. The lowest BCUT2D eigenvalue weighted by Gasteiger charge is -2.31. The minimum absolute atomic E-state index is 0. The fourth-order valence-corrected chi connectivity index (χ4v) is 2.92. The van der Waals surface area contributed by atoms with Gasteiger partial charge < -0.3 is 15.7 Å². The van der Waals surface area contributed by atoms with E-state index in [2.05, 4.69) is 0 Å². The van der Waals surface area contributed by atoms with Gasteiger partial charge in [0.25, 0.3) is 0 Å². The summed E-state index contributed by atoms with van der Waals surface area (Å²) in [6.45, 7) is 0. The average molecular weight is 230 g/mol. The zero-order chi connectivity index (χ0) is 9.41. The molecule has 0 aromatic heterocycles. The van der Waals surface area contributed by atoms with E-state index in [1.807, 2.05) is 0 Å². The molecule has 0 aliphatic carbocycles. The normalized spacial score (nSPS) is 39.2. The smallest absolute Gasteiger partial charge is 0.323 e. The van der Waals surface area contributed by atoms with Crippen LogP contribution in [-0.2, 0) is 9.36 Å². The first-order chi connectivity index (χ1) is 5.36. The molecule has 1 rings (SSSR count). The zero-order valence-electron chi connectivity index (χ0n) is 6.97. The molecule has 78 valence electrons. The minimum Gasteiger partial charge on any atom is -0.480 e. The van der Waals surface area contributed by atoms with Gasteiger partial charge in [-0.2, -0.15) is 0 Å². The molecule has 7 heteroatoms. The summed E-state index contributed by atoms with van der Waals surface area (Å²) in [5, 5.41) is 8.67. The van der Waals surface area contributed by atoms with Crippen molar-refractivity contribution in [2.24, 2.45) is 5.73 Å². The molecule has 0 bridgehead atoms. The quantitative estimate of drug-likeness (QED) is 0.560. The third kappa shape index (κ3) is 2.95. The summed E-state index contributed by atoms with van der Waals surface area (Å²) in [7, 11) is -3.05. The third-order valence-corrected chi connectivity index (χ3v) is 4.09. The van der Waals surface area contributed by atoms with Crippen molar-refractivity contribution < 1.29 is 19.4 Å². The second-order valence-corrected chi connectivity index (χ2v) is 5.84. The monoisotopic (exact) mass is 229 g/mol. The molecular formula is C6H13ClNO4P. The predicted molar refractivity (Wildman–Crippen MR) is 50.6 cm³/mol. The average Bonchev–Trinajstić information content (AvgIpc) is 1.96. The Bertz CT molecular complexity index is 245. The molecule has 0 saturated carbocycles. The van der Waals surface area contributed by atoms with Gasteiger partial charge in [0.15, 0.2) is 0 Å². The highest BCUT2D eigenvalue weighted by Gasteiger charge is 2.41. The molecule has 1 fully saturated rings. The molecule has 0 atom stereocenters. The van der Waals surface area contributed by atoms with Crippen molar-refractivity contribution in [1.82, 2.24) is 0 Å². The van der Waals surface area contributed by atoms with Gasteiger partial charge in [-0.05, 0) is 12.8 Å². The lowest BCUT2D eigenvalue weighted by atomic mass is 9.94. The number of carbonyl (C=O) groups is 1. The molecule has 1 aliphatic heterocycles. The fraction of sp³-hybridized carbons (Fsp3) is 0.833. The lowest BCUT2D eigenvalue weighted by molar-refractivity contribution is -0.143. The minimum atomic E-state index is -3.05. The third-order valence-electron chi connectivity index (χ3n) is 2.24. The maximum Gasteiger partial charge on any atom is 0.323 e. The van der Waals surface area contributed by atoms with Crippen LogP contribution in [0.4, 0.5) is 0 Å². The van der Waals surface area contributed by atoms with Crippen LogP contribution in [0.5, 0.6) is 0 Å². The maximum absolute atomic E-state index is 11.1. The molecule has 0 spiro atoms. The van der Waals surface area contributed by atoms with Crippen molar-refractivity contribution in [3.8, 4) is 0 Å². The Morgan fingerprint density at radius 3 is 2.08 bits per heavy atom. The highest BCUT2D eigenvalue weighted by molar-refractivity contribution is 7.58. The van der Waals surface area contributed by atoms with Crippen LogP contribution in [0.15, 0.2) is 0 Å². The SMILES string of the molecule is Cl.NC1(C(=O)O)CCP(=O)(O)CC1. The van der Waals surface area contributed by atoms with Crippen LogP contribution in [0.1, 0.15) is 12.8 Å². The molecule has 13 heavy (non-hydrogen) atoms. The van der Waals surface area contributed by atoms with Crippen LogP contribution in [0.3, 0.4) is 0 Å². The van der Waals surface area contributed by atoms with Crippen LogP contribution >= 0.6 is 19.8 Å². The number of rotatable bonds is 1. The number of carboxylic acids is 1. The fourth-order valence-electron chi connectivity index (χ4n) is 1.20. The molecule has 1 saturated heterocycles. The number of aliphatic carboxylic acids is 1. The molecule has 0 amide bonds. The first-order valence-corrected chi connectivity index (χ1v) is 5.72. The van der Waals surface area contributed by atoms with Crippen molar-refractivity contribution in [1.29, 1.82) is 0 Å². The number of hydrogen-bond donors (Lipinski definition) is 3. The Balaban J connectivity index is 0.00000144. The van der Waals surface area contributed by atoms with Crippen LogP contribution in [0, 0.1) is 0 Å². The van der Waals surface area contributed by atoms with E-state index in [1.165, 1.54) is 0 Å². The molecular weight excluding hydrogens is 216 g/mol.